The predicted molar refractivity (Wildman–Crippen MR) is 34.5 cm³/mol. The molecule has 0 aliphatic heterocycles. The van der Waals surface area contributed by atoms with Crippen molar-refractivity contribution in [1.29, 1.82) is 0 Å². The van der Waals surface area contributed by atoms with Crippen molar-refractivity contribution in [3.63, 3.8) is 0 Å². The number of hydrogen-bond acceptors (Lipinski definition) is 0. The van der Waals surface area contributed by atoms with E-state index in [-0.39, 0.29) is 0 Å². The Bertz CT molecular complexity index is 126. The highest BCUT2D eigenvalue weighted by Gasteiger charge is 2.32. The molecule has 2 atom stereocenters. The summed E-state index contributed by atoms with van der Waals surface area (Å²) in [5.74, 6) is 1.85. The highest BCUT2D eigenvalue weighted by molar-refractivity contribution is 5.15. The van der Waals surface area contributed by atoms with E-state index in [1.807, 2.05) is 0 Å². The fraction of sp³-hybridized carbons (Fsp3) is 0.500. The largest absolute Gasteiger partial charge is 0.0845 e. The molecule has 2 aliphatic carbocycles. The van der Waals surface area contributed by atoms with Crippen LogP contribution in [0.25, 0.3) is 0 Å². The lowest BCUT2D eigenvalue weighted by Gasteiger charge is -1.75. The van der Waals surface area contributed by atoms with Crippen LogP contribution in [0.2, 0.25) is 0 Å². The monoisotopic (exact) mass is 106 g/mol. The van der Waals surface area contributed by atoms with Crippen LogP contribution >= 0.6 is 0 Å². The number of hydrogen-bond donors (Lipinski definition) is 0. The molecule has 0 heteroatoms. The van der Waals surface area contributed by atoms with Gasteiger partial charge in [-0.15, -0.1) is 0 Å². The molecule has 0 unspecified atom stereocenters. The molecule has 0 bridgehead atoms. The summed E-state index contributed by atoms with van der Waals surface area (Å²) in [6.45, 7) is 0. The second-order valence-corrected chi connectivity index (χ2v) is 2.66. The summed E-state index contributed by atoms with van der Waals surface area (Å²) in [6.07, 6.45) is 11.8. The van der Waals surface area contributed by atoms with Crippen molar-refractivity contribution >= 4 is 0 Å². The first kappa shape index (κ1) is 4.37. The molecule has 0 amide bonds. The van der Waals surface area contributed by atoms with Crippen LogP contribution in [0.1, 0.15) is 12.8 Å². The third-order valence-corrected chi connectivity index (χ3v) is 1.93. The van der Waals surface area contributed by atoms with Crippen LogP contribution in [-0.4, -0.2) is 0 Å². The summed E-state index contributed by atoms with van der Waals surface area (Å²) in [5, 5.41) is 0. The Morgan fingerprint density at radius 2 is 1.62 bits per heavy atom. The fourth-order valence-corrected chi connectivity index (χ4v) is 1.26. The van der Waals surface area contributed by atoms with Gasteiger partial charge in [-0.1, -0.05) is 24.3 Å². The molecule has 0 heterocycles. The molecule has 0 radical (unpaired) electrons. The zero-order valence-electron chi connectivity index (χ0n) is 4.88. The van der Waals surface area contributed by atoms with E-state index in [4.69, 9.17) is 0 Å². The molecule has 42 valence electrons. The quantitative estimate of drug-likeness (QED) is 0.415. The Morgan fingerprint density at radius 3 is 2.25 bits per heavy atom. The lowest BCUT2D eigenvalue weighted by atomic mass is 10.3. The van der Waals surface area contributed by atoms with Gasteiger partial charge in [0.25, 0.3) is 0 Å². The predicted octanol–water partition coefficient (Wildman–Crippen LogP) is 2.14. The van der Waals surface area contributed by atoms with Crippen molar-refractivity contribution in [2.24, 2.45) is 11.8 Å². The maximum atomic E-state index is 2.35. The zero-order valence-corrected chi connectivity index (χ0v) is 4.88. The van der Waals surface area contributed by atoms with E-state index in [0.717, 1.165) is 18.3 Å². The standard InChI is InChI=1S/C8H10/c1-2-4-7-6-8(7)5-3-1/h2-5,7-8H,1,6H2/t7-,8+. The van der Waals surface area contributed by atoms with Crippen molar-refractivity contribution in [1.82, 2.24) is 0 Å². The van der Waals surface area contributed by atoms with E-state index in [1.165, 1.54) is 6.42 Å². The van der Waals surface area contributed by atoms with Gasteiger partial charge in [0, 0.05) is 0 Å². The summed E-state index contributed by atoms with van der Waals surface area (Å²) in [7, 11) is 0. The van der Waals surface area contributed by atoms with E-state index in [1.54, 1.807) is 0 Å². The Labute approximate surface area is 49.9 Å². The average molecular weight is 106 g/mol. The lowest BCUT2D eigenvalue weighted by molar-refractivity contribution is 1.00. The van der Waals surface area contributed by atoms with Crippen LogP contribution < -0.4 is 0 Å². The molecule has 2 rings (SSSR count). The minimum absolute atomic E-state index is 0.925. The van der Waals surface area contributed by atoms with Gasteiger partial charge < -0.3 is 0 Å². The second kappa shape index (κ2) is 1.48. The summed E-state index contributed by atoms with van der Waals surface area (Å²) in [4.78, 5) is 0. The first-order valence-electron chi connectivity index (χ1n) is 3.30. The smallest absolute Gasteiger partial charge is 0.0164 e. The molecule has 0 aromatic carbocycles. The van der Waals surface area contributed by atoms with Gasteiger partial charge in [-0.2, -0.15) is 0 Å². The zero-order chi connectivity index (χ0) is 5.40. The maximum absolute atomic E-state index is 2.35. The highest BCUT2D eigenvalue weighted by Crippen LogP contribution is 2.41. The molecule has 0 nitrogen and oxygen atoms in total. The van der Waals surface area contributed by atoms with Gasteiger partial charge in [-0.05, 0) is 24.7 Å². The highest BCUT2D eigenvalue weighted by atomic mass is 14.4. The number of rotatable bonds is 0. The van der Waals surface area contributed by atoms with Gasteiger partial charge in [0.05, 0.1) is 0 Å². The van der Waals surface area contributed by atoms with Crippen LogP contribution in [0.3, 0.4) is 0 Å². The molecule has 8 heavy (non-hydrogen) atoms. The second-order valence-electron chi connectivity index (χ2n) is 2.66. The minimum atomic E-state index is 0.925. The van der Waals surface area contributed by atoms with Crippen molar-refractivity contribution in [2.75, 3.05) is 0 Å². The molecule has 0 aromatic rings. The van der Waals surface area contributed by atoms with Gasteiger partial charge in [-0.25, -0.2) is 0 Å². The van der Waals surface area contributed by atoms with Gasteiger partial charge >= 0.3 is 0 Å². The Morgan fingerprint density at radius 1 is 1.00 bits per heavy atom. The lowest BCUT2D eigenvalue weighted by Crippen LogP contribution is -1.65. The van der Waals surface area contributed by atoms with E-state index >= 15 is 0 Å². The molecular formula is C8H10. The van der Waals surface area contributed by atoms with Gasteiger partial charge in [0.1, 0.15) is 0 Å². The van der Waals surface area contributed by atoms with Crippen molar-refractivity contribution < 1.29 is 0 Å². The van der Waals surface area contributed by atoms with Crippen LogP contribution in [-0.2, 0) is 0 Å². The number of fused-ring (bicyclic) bond motifs is 1. The molecule has 0 saturated heterocycles. The Kier molecular flexibility index (Phi) is 0.806. The Hall–Kier alpha value is -0.520. The first-order chi connectivity index (χ1) is 3.97. The van der Waals surface area contributed by atoms with E-state index in [9.17, 15) is 0 Å². The van der Waals surface area contributed by atoms with Crippen LogP contribution in [0.4, 0.5) is 0 Å². The molecule has 1 saturated carbocycles. The average Bonchev–Trinajstić information content (AvgIpc) is 2.36. The fourth-order valence-electron chi connectivity index (χ4n) is 1.26. The van der Waals surface area contributed by atoms with Gasteiger partial charge in [0.2, 0.25) is 0 Å². The van der Waals surface area contributed by atoms with Crippen LogP contribution in [0, 0.1) is 11.8 Å². The number of allylic oxidation sites excluding steroid dienone is 4. The maximum Gasteiger partial charge on any atom is -0.0164 e. The van der Waals surface area contributed by atoms with E-state index in [2.05, 4.69) is 24.3 Å². The van der Waals surface area contributed by atoms with Crippen molar-refractivity contribution in [2.45, 2.75) is 12.8 Å². The third-order valence-electron chi connectivity index (χ3n) is 1.93. The van der Waals surface area contributed by atoms with E-state index in [0.29, 0.717) is 0 Å². The molecule has 0 aromatic heterocycles. The Balaban J connectivity index is 2.17. The molecular weight excluding hydrogens is 96.1 g/mol. The van der Waals surface area contributed by atoms with Crippen LogP contribution in [0.5, 0.6) is 0 Å². The summed E-state index contributed by atoms with van der Waals surface area (Å²) < 4.78 is 0. The van der Waals surface area contributed by atoms with Gasteiger partial charge in [-0.3, -0.25) is 0 Å². The van der Waals surface area contributed by atoms with Crippen molar-refractivity contribution in [3.05, 3.63) is 24.3 Å². The first-order valence-corrected chi connectivity index (χ1v) is 3.30. The summed E-state index contributed by atoms with van der Waals surface area (Å²) in [6, 6.07) is 0. The molecule has 2 aliphatic rings. The summed E-state index contributed by atoms with van der Waals surface area (Å²) in [5.41, 5.74) is 0. The summed E-state index contributed by atoms with van der Waals surface area (Å²) >= 11 is 0. The topological polar surface area (TPSA) is 0 Å². The minimum Gasteiger partial charge on any atom is -0.0845 e. The normalized spacial score (nSPS) is 41.0. The molecule has 1 fully saturated rings. The molecule has 0 N–H and O–H groups in total. The SMILES string of the molecule is C1=C[C@@H]2C[C@@H]2C=CC1. The van der Waals surface area contributed by atoms with Crippen molar-refractivity contribution in [3.8, 4) is 0 Å². The molecule has 0 spiro atoms. The van der Waals surface area contributed by atoms with Gasteiger partial charge in [0.15, 0.2) is 0 Å². The van der Waals surface area contributed by atoms with Crippen LogP contribution in [0.15, 0.2) is 24.3 Å². The van der Waals surface area contributed by atoms with E-state index < -0.39 is 0 Å². The third kappa shape index (κ3) is 0.605.